The van der Waals surface area contributed by atoms with Crippen LogP contribution in [0.15, 0.2) is 66.9 Å². The lowest BCUT2D eigenvalue weighted by Crippen LogP contribution is -2.29. The van der Waals surface area contributed by atoms with Crippen LogP contribution < -0.4 is 10.2 Å². The van der Waals surface area contributed by atoms with Gasteiger partial charge in [-0.1, -0.05) is 40.9 Å². The second-order valence-electron chi connectivity index (χ2n) is 8.39. The summed E-state index contributed by atoms with van der Waals surface area (Å²) in [7, 11) is 0. The minimum atomic E-state index is -0.312. The summed E-state index contributed by atoms with van der Waals surface area (Å²) in [5, 5.41) is 16.3. The van der Waals surface area contributed by atoms with Crippen LogP contribution in [0.2, 0.25) is 15.1 Å². The van der Waals surface area contributed by atoms with E-state index in [-0.39, 0.29) is 17.8 Å². The highest BCUT2D eigenvalue weighted by Crippen LogP contribution is 2.46. The van der Waals surface area contributed by atoms with Crippen LogP contribution in [-0.4, -0.2) is 19.8 Å². The molecule has 2 aromatic carbocycles. The molecule has 35 heavy (non-hydrogen) atoms. The minimum absolute atomic E-state index is 0.0831. The van der Waals surface area contributed by atoms with Crippen molar-refractivity contribution in [3.8, 4) is 11.4 Å². The molecule has 1 saturated heterocycles. The van der Waals surface area contributed by atoms with Gasteiger partial charge >= 0.3 is 0 Å². The average Bonchev–Trinajstić information content (AvgIpc) is 3.31. The fourth-order valence-electron chi connectivity index (χ4n) is 4.74. The molecule has 3 heterocycles. The number of phenols is 1. The molecule has 2 atom stereocenters. The van der Waals surface area contributed by atoms with Gasteiger partial charge in [0.15, 0.2) is 5.11 Å². The van der Waals surface area contributed by atoms with E-state index in [9.17, 15) is 5.11 Å². The molecule has 5 nitrogen and oxygen atoms in total. The van der Waals surface area contributed by atoms with Gasteiger partial charge in [-0.3, -0.25) is 4.98 Å². The van der Waals surface area contributed by atoms with Crippen LogP contribution in [0.4, 0.5) is 5.69 Å². The Labute approximate surface area is 223 Å². The largest absolute Gasteiger partial charge is 0.506 e. The maximum Gasteiger partial charge on any atom is 0.174 e. The lowest BCUT2D eigenvalue weighted by molar-refractivity contribution is 0.472. The van der Waals surface area contributed by atoms with Gasteiger partial charge in [-0.25, -0.2) is 0 Å². The first-order valence-electron chi connectivity index (χ1n) is 10.9. The second-order valence-corrected chi connectivity index (χ2v) is 10.1. The van der Waals surface area contributed by atoms with Crippen LogP contribution >= 0.6 is 47.0 Å². The number of thiocarbonyl (C=S) groups is 1. The number of rotatable bonds is 4. The van der Waals surface area contributed by atoms with Gasteiger partial charge < -0.3 is 19.9 Å². The molecule has 1 aliphatic rings. The van der Waals surface area contributed by atoms with Crippen molar-refractivity contribution in [3.63, 3.8) is 0 Å². The van der Waals surface area contributed by atoms with Gasteiger partial charge in [0, 0.05) is 27.6 Å². The van der Waals surface area contributed by atoms with Crippen molar-refractivity contribution in [2.45, 2.75) is 25.9 Å². The average molecular weight is 544 g/mol. The number of aromatic nitrogens is 2. The van der Waals surface area contributed by atoms with E-state index in [0.29, 0.717) is 25.9 Å². The fourth-order valence-corrected chi connectivity index (χ4v) is 5.74. The summed E-state index contributed by atoms with van der Waals surface area (Å²) in [5.74, 6) is 0.0831. The Morgan fingerprint density at radius 1 is 0.943 bits per heavy atom. The smallest absolute Gasteiger partial charge is 0.174 e. The van der Waals surface area contributed by atoms with E-state index in [1.165, 1.54) is 0 Å². The highest BCUT2D eigenvalue weighted by atomic mass is 35.5. The number of aryl methyl sites for hydroxylation is 1. The van der Waals surface area contributed by atoms with Gasteiger partial charge in [-0.15, -0.1) is 0 Å². The Kier molecular flexibility index (Phi) is 6.40. The third-order valence-electron chi connectivity index (χ3n) is 6.23. The first-order valence-corrected chi connectivity index (χ1v) is 12.4. The molecule has 0 bridgehead atoms. The molecule has 178 valence electrons. The standard InChI is InChI=1S/C26H21Cl3N4OS/c1-14-11-18(15(2)32(14)21-8-6-16(27)12-19(21)29)25-24(20-5-3-4-10-30-20)31-26(35)33(25)22-13-17(28)7-9-23(22)34/h3-13,24-25,34H,1-2H3,(H,31,35)/t24-,25+/m1/s1. The molecule has 0 unspecified atom stereocenters. The number of hydrogen-bond acceptors (Lipinski definition) is 3. The molecule has 0 spiro atoms. The Bertz CT molecular complexity index is 1440. The summed E-state index contributed by atoms with van der Waals surface area (Å²) in [6.07, 6.45) is 1.76. The first-order chi connectivity index (χ1) is 16.8. The van der Waals surface area contributed by atoms with E-state index in [0.717, 1.165) is 28.3 Å². The van der Waals surface area contributed by atoms with Gasteiger partial charge in [0.1, 0.15) is 5.75 Å². The van der Waals surface area contributed by atoms with Crippen molar-refractivity contribution in [2.75, 3.05) is 4.90 Å². The van der Waals surface area contributed by atoms with Crippen molar-refractivity contribution in [1.29, 1.82) is 0 Å². The van der Waals surface area contributed by atoms with Crippen molar-refractivity contribution < 1.29 is 5.11 Å². The number of benzene rings is 2. The monoisotopic (exact) mass is 542 g/mol. The summed E-state index contributed by atoms with van der Waals surface area (Å²) in [4.78, 5) is 6.51. The van der Waals surface area contributed by atoms with E-state index < -0.39 is 0 Å². The second kappa shape index (κ2) is 9.36. The minimum Gasteiger partial charge on any atom is -0.506 e. The number of halogens is 3. The predicted molar refractivity (Wildman–Crippen MR) is 146 cm³/mol. The summed E-state index contributed by atoms with van der Waals surface area (Å²) in [6.45, 7) is 4.07. The fraction of sp³-hybridized carbons (Fsp3) is 0.154. The molecule has 0 radical (unpaired) electrons. The van der Waals surface area contributed by atoms with E-state index in [1.54, 1.807) is 30.5 Å². The van der Waals surface area contributed by atoms with Crippen molar-refractivity contribution >= 4 is 57.8 Å². The van der Waals surface area contributed by atoms with Gasteiger partial charge in [-0.2, -0.15) is 0 Å². The van der Waals surface area contributed by atoms with Crippen LogP contribution in [0.1, 0.15) is 34.7 Å². The Morgan fingerprint density at radius 2 is 1.69 bits per heavy atom. The van der Waals surface area contributed by atoms with Gasteiger partial charge in [-0.05, 0) is 86.2 Å². The number of anilines is 1. The van der Waals surface area contributed by atoms with Gasteiger partial charge in [0.2, 0.25) is 0 Å². The van der Waals surface area contributed by atoms with Crippen LogP contribution in [-0.2, 0) is 0 Å². The Hall–Kier alpha value is -2.77. The Morgan fingerprint density at radius 3 is 2.40 bits per heavy atom. The molecule has 0 saturated carbocycles. The lowest BCUT2D eigenvalue weighted by atomic mass is 9.96. The zero-order valence-corrected chi connectivity index (χ0v) is 21.9. The normalized spacial score (nSPS) is 17.6. The third-order valence-corrected chi connectivity index (χ3v) is 7.32. The molecular formula is C26H21Cl3N4OS. The molecule has 1 fully saturated rings. The maximum absolute atomic E-state index is 10.8. The quantitative estimate of drug-likeness (QED) is 0.264. The first kappa shape index (κ1) is 23.9. The summed E-state index contributed by atoms with van der Waals surface area (Å²) < 4.78 is 2.10. The SMILES string of the molecule is Cc1cc([C@H]2[C@@H](c3ccccn3)NC(=S)N2c2cc(Cl)ccc2O)c(C)n1-c1ccc(Cl)cc1Cl. The topological polar surface area (TPSA) is 53.3 Å². The highest BCUT2D eigenvalue weighted by Gasteiger charge is 2.43. The van der Waals surface area contributed by atoms with Crippen molar-refractivity contribution in [2.24, 2.45) is 0 Å². The Balaban J connectivity index is 1.72. The van der Waals surface area contributed by atoms with Crippen LogP contribution in [0.25, 0.3) is 5.69 Å². The molecule has 0 aliphatic carbocycles. The van der Waals surface area contributed by atoms with Crippen molar-refractivity contribution in [1.82, 2.24) is 14.9 Å². The number of nitrogens with one attached hydrogen (secondary N) is 1. The molecule has 2 N–H and O–H groups in total. The van der Waals surface area contributed by atoms with E-state index >= 15 is 0 Å². The summed E-state index contributed by atoms with van der Waals surface area (Å²) in [6, 6.07) is 17.7. The lowest BCUT2D eigenvalue weighted by Gasteiger charge is -2.29. The number of hydrogen-bond donors (Lipinski definition) is 2. The number of pyridine rings is 1. The molecule has 2 aromatic heterocycles. The zero-order valence-electron chi connectivity index (χ0n) is 18.8. The van der Waals surface area contributed by atoms with Crippen LogP contribution in [0.5, 0.6) is 5.75 Å². The van der Waals surface area contributed by atoms with E-state index in [1.807, 2.05) is 49.1 Å². The van der Waals surface area contributed by atoms with E-state index in [4.69, 9.17) is 47.0 Å². The number of nitrogens with zero attached hydrogens (tertiary/aromatic N) is 3. The van der Waals surface area contributed by atoms with Gasteiger partial charge in [0.25, 0.3) is 0 Å². The highest BCUT2D eigenvalue weighted by molar-refractivity contribution is 7.80. The van der Waals surface area contributed by atoms with Crippen LogP contribution in [0, 0.1) is 13.8 Å². The van der Waals surface area contributed by atoms with Crippen molar-refractivity contribution in [3.05, 3.63) is 105 Å². The summed E-state index contributed by atoms with van der Waals surface area (Å²) in [5.41, 5.74) is 5.17. The van der Waals surface area contributed by atoms with Gasteiger partial charge in [0.05, 0.1) is 34.2 Å². The molecule has 0 amide bonds. The maximum atomic E-state index is 10.8. The van der Waals surface area contributed by atoms with E-state index in [2.05, 4.69) is 20.9 Å². The predicted octanol–water partition coefficient (Wildman–Crippen LogP) is 7.33. The molecule has 4 aromatic rings. The number of aromatic hydroxyl groups is 1. The van der Waals surface area contributed by atoms with Crippen LogP contribution in [0.3, 0.4) is 0 Å². The molecule has 9 heteroatoms. The molecule has 5 rings (SSSR count). The third kappa shape index (κ3) is 4.25. The molecule has 1 aliphatic heterocycles. The zero-order chi connectivity index (χ0) is 24.9. The number of phenolic OH excluding ortho intramolecular Hbond substituents is 1. The molecular weight excluding hydrogens is 523 g/mol. The summed E-state index contributed by atoms with van der Waals surface area (Å²) >= 11 is 24.8.